The van der Waals surface area contributed by atoms with Crippen LogP contribution in [0.4, 0.5) is 4.79 Å². The summed E-state index contributed by atoms with van der Waals surface area (Å²) in [5.74, 6) is 0.597. The van der Waals surface area contributed by atoms with E-state index >= 15 is 0 Å². The Hall–Kier alpha value is -1.96. The maximum atomic E-state index is 11.8. The topological polar surface area (TPSA) is 108 Å². The summed E-state index contributed by atoms with van der Waals surface area (Å²) in [6, 6.07) is 2.27. The molecule has 0 atom stereocenters. The summed E-state index contributed by atoms with van der Waals surface area (Å²) >= 11 is 0. The Morgan fingerprint density at radius 1 is 1.19 bits per heavy atom. The van der Waals surface area contributed by atoms with E-state index in [1.165, 1.54) is 6.07 Å². The zero-order valence-electron chi connectivity index (χ0n) is 12.3. The predicted molar refractivity (Wildman–Crippen MR) is 78.3 cm³/mol. The molecule has 0 heterocycles. The van der Waals surface area contributed by atoms with E-state index in [1.54, 1.807) is 19.9 Å². The Morgan fingerprint density at radius 2 is 1.76 bits per heavy atom. The van der Waals surface area contributed by atoms with E-state index in [1.807, 2.05) is 0 Å². The fourth-order valence-corrected chi connectivity index (χ4v) is 2.56. The van der Waals surface area contributed by atoms with Gasteiger partial charge in [0.05, 0.1) is 13.2 Å². The second-order valence-electron chi connectivity index (χ2n) is 4.26. The summed E-state index contributed by atoms with van der Waals surface area (Å²) in [6.45, 7) is 4.33. The van der Waals surface area contributed by atoms with Crippen LogP contribution in [0, 0.1) is 0 Å². The van der Waals surface area contributed by atoms with Crippen molar-refractivity contribution in [3.05, 3.63) is 17.7 Å². The molecule has 0 unspecified atom stereocenters. The number of amides is 2. The molecule has 0 radical (unpaired) electrons. The van der Waals surface area contributed by atoms with Gasteiger partial charge < -0.3 is 20.5 Å². The molecule has 0 bridgehead atoms. The monoisotopic (exact) mass is 316 g/mol. The minimum Gasteiger partial charge on any atom is -0.493 e. The van der Waals surface area contributed by atoms with E-state index in [2.05, 4.69) is 5.32 Å². The van der Waals surface area contributed by atoms with Crippen molar-refractivity contribution in [1.82, 2.24) is 5.32 Å². The van der Waals surface area contributed by atoms with Crippen LogP contribution in [-0.2, 0) is 16.4 Å². The third-order valence-corrected chi connectivity index (χ3v) is 3.70. The van der Waals surface area contributed by atoms with Gasteiger partial charge in [0.25, 0.3) is 0 Å². The second-order valence-corrected chi connectivity index (χ2v) is 6.25. The van der Waals surface area contributed by atoms with Gasteiger partial charge in [-0.2, -0.15) is 0 Å². The molecule has 2 amide bonds. The number of benzene rings is 1. The van der Waals surface area contributed by atoms with Crippen molar-refractivity contribution >= 4 is 15.9 Å². The minimum absolute atomic E-state index is 0.0515. The molecule has 1 aromatic carbocycles. The van der Waals surface area contributed by atoms with E-state index in [4.69, 9.17) is 15.2 Å². The largest absolute Gasteiger partial charge is 0.493 e. The molecule has 0 aliphatic rings. The molecule has 0 aliphatic carbocycles. The van der Waals surface area contributed by atoms with Gasteiger partial charge in [-0.15, -0.1) is 0 Å². The van der Waals surface area contributed by atoms with Crippen molar-refractivity contribution in [3.63, 3.8) is 0 Å². The van der Waals surface area contributed by atoms with Crippen molar-refractivity contribution in [2.24, 2.45) is 5.73 Å². The van der Waals surface area contributed by atoms with Crippen LogP contribution in [0.1, 0.15) is 19.4 Å². The average molecular weight is 316 g/mol. The highest BCUT2D eigenvalue weighted by atomic mass is 32.2. The second kappa shape index (κ2) is 7.16. The van der Waals surface area contributed by atoms with Gasteiger partial charge in [-0.3, -0.25) is 0 Å². The van der Waals surface area contributed by atoms with Crippen LogP contribution >= 0.6 is 0 Å². The van der Waals surface area contributed by atoms with Gasteiger partial charge in [-0.25, -0.2) is 13.2 Å². The van der Waals surface area contributed by atoms with Crippen molar-refractivity contribution in [3.8, 4) is 11.5 Å². The summed E-state index contributed by atoms with van der Waals surface area (Å²) in [5.41, 5.74) is 5.63. The number of nitrogens with one attached hydrogen (secondary N) is 1. The highest BCUT2D eigenvalue weighted by Gasteiger charge is 2.19. The van der Waals surface area contributed by atoms with Crippen LogP contribution < -0.4 is 20.5 Å². The lowest BCUT2D eigenvalue weighted by molar-refractivity contribution is 0.248. The third kappa shape index (κ3) is 4.82. The van der Waals surface area contributed by atoms with Crippen LogP contribution in [0.2, 0.25) is 0 Å². The summed E-state index contributed by atoms with van der Waals surface area (Å²) in [4.78, 5) is 10.9. The van der Waals surface area contributed by atoms with E-state index in [-0.39, 0.29) is 17.2 Å². The highest BCUT2D eigenvalue weighted by molar-refractivity contribution is 7.90. The molecule has 0 aromatic heterocycles. The van der Waals surface area contributed by atoms with Gasteiger partial charge in [0, 0.05) is 24.4 Å². The number of nitrogens with two attached hydrogens (primary N) is 1. The van der Waals surface area contributed by atoms with Crippen molar-refractivity contribution in [1.29, 1.82) is 0 Å². The van der Waals surface area contributed by atoms with Crippen LogP contribution in [0.15, 0.2) is 17.0 Å². The number of urea groups is 1. The first-order valence-corrected chi connectivity index (χ1v) is 8.34. The molecular formula is C13H20N2O5S. The zero-order chi connectivity index (χ0) is 16.0. The fraction of sp³-hybridized carbons (Fsp3) is 0.462. The summed E-state index contributed by atoms with van der Waals surface area (Å²) in [6.07, 6.45) is 1.10. The predicted octanol–water partition coefficient (Wildman–Crippen LogP) is 1.06. The molecule has 1 rings (SSSR count). The lowest BCUT2D eigenvalue weighted by Gasteiger charge is -2.16. The number of primary amides is 1. The van der Waals surface area contributed by atoms with Crippen LogP contribution in [0.5, 0.6) is 11.5 Å². The molecule has 0 saturated heterocycles. The van der Waals surface area contributed by atoms with E-state index in [0.29, 0.717) is 24.5 Å². The minimum atomic E-state index is -3.46. The third-order valence-electron chi connectivity index (χ3n) is 2.58. The van der Waals surface area contributed by atoms with E-state index < -0.39 is 15.9 Å². The lowest BCUT2D eigenvalue weighted by atomic mass is 10.2. The molecule has 118 valence electrons. The number of carbonyl (C=O) groups is 1. The van der Waals surface area contributed by atoms with Crippen LogP contribution in [-0.4, -0.2) is 33.9 Å². The Bertz CT molecular complexity index is 613. The molecule has 0 aliphatic heterocycles. The SMILES string of the molecule is CCOc1cc(S(C)(=O)=O)c(OCC)cc1CNC(N)=O. The molecule has 0 saturated carbocycles. The van der Waals surface area contributed by atoms with Gasteiger partial charge in [-0.05, 0) is 19.9 Å². The highest BCUT2D eigenvalue weighted by Crippen LogP contribution is 2.32. The summed E-state index contributed by atoms with van der Waals surface area (Å²) in [7, 11) is -3.46. The fourth-order valence-electron chi connectivity index (χ4n) is 1.75. The molecule has 21 heavy (non-hydrogen) atoms. The smallest absolute Gasteiger partial charge is 0.312 e. The van der Waals surface area contributed by atoms with Gasteiger partial charge >= 0.3 is 6.03 Å². The lowest BCUT2D eigenvalue weighted by Crippen LogP contribution is -2.28. The first-order valence-electron chi connectivity index (χ1n) is 6.45. The van der Waals surface area contributed by atoms with E-state index in [0.717, 1.165) is 6.26 Å². The van der Waals surface area contributed by atoms with Crippen LogP contribution in [0.3, 0.4) is 0 Å². The quantitative estimate of drug-likeness (QED) is 0.782. The number of carbonyl (C=O) groups excluding carboxylic acids is 1. The van der Waals surface area contributed by atoms with Gasteiger partial charge in [0.15, 0.2) is 9.84 Å². The first-order chi connectivity index (χ1) is 9.79. The Labute approximate surface area is 124 Å². The molecule has 1 aromatic rings. The number of hydrogen-bond donors (Lipinski definition) is 2. The Kier molecular flexibility index (Phi) is 5.83. The van der Waals surface area contributed by atoms with Gasteiger partial charge in [0.1, 0.15) is 16.4 Å². The molecule has 8 heteroatoms. The van der Waals surface area contributed by atoms with Crippen LogP contribution in [0.25, 0.3) is 0 Å². The van der Waals surface area contributed by atoms with E-state index in [9.17, 15) is 13.2 Å². The number of ether oxygens (including phenoxy) is 2. The molecule has 0 spiro atoms. The Balaban J connectivity index is 3.35. The normalized spacial score (nSPS) is 11.0. The zero-order valence-corrected chi connectivity index (χ0v) is 13.1. The number of rotatable bonds is 7. The summed E-state index contributed by atoms with van der Waals surface area (Å²) < 4.78 is 34.5. The number of hydrogen-bond acceptors (Lipinski definition) is 5. The van der Waals surface area contributed by atoms with Crippen molar-refractivity contribution in [2.45, 2.75) is 25.3 Å². The molecule has 3 N–H and O–H groups in total. The summed E-state index contributed by atoms with van der Waals surface area (Å²) in [5, 5.41) is 2.44. The average Bonchev–Trinajstić information content (AvgIpc) is 2.37. The standard InChI is InChI=1S/C13H20N2O5S/c1-4-19-10-7-12(21(3,17)18)11(20-5-2)6-9(10)8-15-13(14)16/h6-7H,4-5,8H2,1-3H3,(H3,14,15,16). The number of sulfone groups is 1. The maximum Gasteiger partial charge on any atom is 0.312 e. The van der Waals surface area contributed by atoms with Crippen molar-refractivity contribution < 1.29 is 22.7 Å². The first kappa shape index (κ1) is 17.1. The molecule has 7 nitrogen and oxygen atoms in total. The molecular weight excluding hydrogens is 296 g/mol. The van der Waals surface area contributed by atoms with Gasteiger partial charge in [-0.1, -0.05) is 0 Å². The van der Waals surface area contributed by atoms with Crippen molar-refractivity contribution in [2.75, 3.05) is 19.5 Å². The molecule has 0 fully saturated rings. The van der Waals surface area contributed by atoms with Gasteiger partial charge in [0.2, 0.25) is 0 Å². The maximum absolute atomic E-state index is 11.8. The Morgan fingerprint density at radius 3 is 2.24 bits per heavy atom.